The van der Waals surface area contributed by atoms with Gasteiger partial charge in [0.2, 0.25) is 0 Å². The molecule has 1 aliphatic carbocycles. The Labute approximate surface area is 164 Å². The molecule has 0 unspecified atom stereocenters. The Morgan fingerprint density at radius 3 is 2.21 bits per heavy atom. The van der Waals surface area contributed by atoms with Crippen molar-refractivity contribution in [2.24, 2.45) is 0 Å². The van der Waals surface area contributed by atoms with Crippen molar-refractivity contribution in [2.45, 2.75) is 31.7 Å². The average Bonchev–Trinajstić information content (AvgIpc) is 3.03. The number of hydrogen-bond acceptors (Lipinski definition) is 3. The first-order valence-electron chi connectivity index (χ1n) is 9.36. The summed E-state index contributed by atoms with van der Waals surface area (Å²) >= 11 is 0. The Balaban J connectivity index is 1.77. The lowest BCUT2D eigenvalue weighted by atomic mass is 9.98. The maximum atomic E-state index is 12.7. The van der Waals surface area contributed by atoms with Crippen LogP contribution in [0.4, 0.5) is 4.79 Å². The van der Waals surface area contributed by atoms with E-state index in [-0.39, 0.29) is 31.9 Å². The fraction of sp³-hybridized carbons (Fsp3) is 0.304. The molecular weight excluding hydrogens is 354 g/mol. The van der Waals surface area contributed by atoms with Crippen LogP contribution in [0.25, 0.3) is 11.1 Å². The maximum Gasteiger partial charge on any atom is 0.410 e. The second-order valence-corrected chi connectivity index (χ2v) is 6.69. The molecule has 0 saturated heterocycles. The smallest absolute Gasteiger partial charge is 0.410 e. The lowest BCUT2D eigenvalue weighted by Crippen LogP contribution is -2.45. The molecule has 1 N–H and O–H groups in total. The number of fused-ring (bicyclic) bond motifs is 3. The number of amides is 1. The molecule has 0 radical (unpaired) electrons. The van der Waals surface area contributed by atoms with Gasteiger partial charge < -0.3 is 9.84 Å². The van der Waals surface area contributed by atoms with Crippen molar-refractivity contribution in [1.82, 2.24) is 4.90 Å². The van der Waals surface area contributed by atoms with Crippen molar-refractivity contribution < 1.29 is 19.4 Å². The van der Waals surface area contributed by atoms with Gasteiger partial charge in [-0.2, -0.15) is 0 Å². The molecule has 2 aromatic rings. The molecule has 3 rings (SSSR count). The maximum absolute atomic E-state index is 12.7. The van der Waals surface area contributed by atoms with E-state index in [1.807, 2.05) is 36.4 Å². The first-order chi connectivity index (χ1) is 13.6. The number of carbonyl (C=O) groups is 2. The van der Waals surface area contributed by atoms with Crippen LogP contribution in [0.2, 0.25) is 0 Å². The number of aliphatic carboxylic acids is 1. The Morgan fingerprint density at radius 1 is 1.14 bits per heavy atom. The van der Waals surface area contributed by atoms with Crippen LogP contribution in [0.5, 0.6) is 0 Å². The van der Waals surface area contributed by atoms with E-state index in [9.17, 15) is 14.7 Å². The van der Waals surface area contributed by atoms with Crippen molar-refractivity contribution >= 4 is 12.1 Å². The van der Waals surface area contributed by atoms with Crippen molar-refractivity contribution in [1.29, 1.82) is 0 Å². The summed E-state index contributed by atoms with van der Waals surface area (Å²) in [7, 11) is 0. The molecular formula is C23H23NO4. The fourth-order valence-corrected chi connectivity index (χ4v) is 3.79. The minimum Gasteiger partial charge on any atom is -0.480 e. The van der Waals surface area contributed by atoms with Crippen LogP contribution in [-0.4, -0.2) is 41.3 Å². The van der Waals surface area contributed by atoms with E-state index in [2.05, 4.69) is 18.1 Å². The lowest BCUT2D eigenvalue weighted by Gasteiger charge is -2.27. The summed E-state index contributed by atoms with van der Waals surface area (Å²) in [4.78, 5) is 25.5. The van der Waals surface area contributed by atoms with Crippen LogP contribution >= 0.6 is 0 Å². The van der Waals surface area contributed by atoms with Gasteiger partial charge in [-0.3, -0.25) is 4.90 Å². The van der Waals surface area contributed by atoms with Crippen molar-refractivity contribution in [2.75, 3.05) is 13.2 Å². The van der Waals surface area contributed by atoms with E-state index in [1.54, 1.807) is 6.92 Å². The summed E-state index contributed by atoms with van der Waals surface area (Å²) in [6, 6.07) is 15.1. The second kappa shape index (κ2) is 8.62. The van der Waals surface area contributed by atoms with Crippen LogP contribution in [0.1, 0.15) is 36.8 Å². The molecule has 2 aromatic carbocycles. The van der Waals surface area contributed by atoms with E-state index in [0.29, 0.717) is 0 Å². The summed E-state index contributed by atoms with van der Waals surface area (Å²) < 4.78 is 5.58. The predicted octanol–water partition coefficient (Wildman–Crippen LogP) is 4.12. The summed E-state index contributed by atoms with van der Waals surface area (Å²) in [6.45, 7) is 2.12. The third-order valence-electron chi connectivity index (χ3n) is 5.13. The van der Waals surface area contributed by atoms with Gasteiger partial charge in [0.1, 0.15) is 12.6 Å². The highest BCUT2D eigenvalue weighted by molar-refractivity contribution is 5.81. The number of nitrogens with zero attached hydrogens (tertiary/aromatic N) is 1. The van der Waals surface area contributed by atoms with Gasteiger partial charge in [-0.25, -0.2) is 9.59 Å². The van der Waals surface area contributed by atoms with Crippen molar-refractivity contribution in [3.05, 3.63) is 59.7 Å². The van der Waals surface area contributed by atoms with Crippen LogP contribution in [0.15, 0.2) is 48.5 Å². The molecule has 0 bridgehead atoms. The Bertz CT molecular complexity index is 869. The molecule has 1 amide bonds. The monoisotopic (exact) mass is 377 g/mol. The van der Waals surface area contributed by atoms with Gasteiger partial charge in [-0.1, -0.05) is 48.5 Å². The number of hydrogen-bond donors (Lipinski definition) is 1. The second-order valence-electron chi connectivity index (χ2n) is 6.69. The Kier molecular flexibility index (Phi) is 6.00. The number of carbonyl (C=O) groups excluding carboxylic acids is 1. The molecule has 1 atom stereocenters. The molecule has 0 spiro atoms. The SMILES string of the molecule is C#CCC[C@@H](C(=O)O)N(CC)C(=O)OCC1c2ccccc2-c2ccccc21. The van der Waals surface area contributed by atoms with E-state index >= 15 is 0 Å². The summed E-state index contributed by atoms with van der Waals surface area (Å²) in [5, 5.41) is 9.47. The quantitative estimate of drug-likeness (QED) is 0.737. The average molecular weight is 377 g/mol. The first kappa shape index (κ1) is 19.5. The highest BCUT2D eigenvalue weighted by Crippen LogP contribution is 2.44. The summed E-state index contributed by atoms with van der Waals surface area (Å²) in [6.07, 6.45) is 5.10. The van der Waals surface area contributed by atoms with E-state index < -0.39 is 18.1 Å². The zero-order valence-electron chi connectivity index (χ0n) is 15.8. The van der Waals surface area contributed by atoms with Gasteiger partial charge in [0, 0.05) is 18.9 Å². The van der Waals surface area contributed by atoms with Gasteiger partial charge in [0.05, 0.1) is 0 Å². The van der Waals surface area contributed by atoms with E-state index in [1.165, 1.54) is 4.90 Å². The van der Waals surface area contributed by atoms with Gasteiger partial charge >= 0.3 is 12.1 Å². The predicted molar refractivity (Wildman–Crippen MR) is 107 cm³/mol. The van der Waals surface area contributed by atoms with Crippen molar-refractivity contribution in [3.8, 4) is 23.5 Å². The first-order valence-corrected chi connectivity index (χ1v) is 9.36. The van der Waals surface area contributed by atoms with Gasteiger partial charge in [-0.15, -0.1) is 12.3 Å². The minimum atomic E-state index is -1.08. The molecule has 0 fully saturated rings. The summed E-state index contributed by atoms with van der Waals surface area (Å²) in [5.74, 6) is 1.28. The van der Waals surface area contributed by atoms with Crippen LogP contribution in [0.3, 0.4) is 0 Å². The molecule has 5 nitrogen and oxygen atoms in total. The standard InChI is InChI=1S/C23H23NO4/c1-3-5-14-21(22(25)26)24(4-2)23(27)28-15-20-18-12-8-6-10-16(18)17-11-7-9-13-19(17)20/h1,6-13,20-21H,4-5,14-15H2,2H3,(H,25,26)/t21-/m0/s1. The zero-order valence-corrected chi connectivity index (χ0v) is 15.8. The van der Waals surface area contributed by atoms with Crippen molar-refractivity contribution in [3.63, 3.8) is 0 Å². The normalized spacial score (nSPS) is 13.1. The molecule has 0 aromatic heterocycles. The molecule has 0 saturated carbocycles. The van der Waals surface area contributed by atoms with Gasteiger partial charge in [0.25, 0.3) is 0 Å². The Hall–Kier alpha value is -3.26. The highest BCUT2D eigenvalue weighted by atomic mass is 16.6. The minimum absolute atomic E-state index is 0.0657. The van der Waals surface area contributed by atoms with Gasteiger partial charge in [-0.05, 0) is 35.6 Å². The largest absolute Gasteiger partial charge is 0.480 e. The number of terminal acetylenes is 1. The number of likely N-dealkylation sites (N-methyl/N-ethyl adjacent to an activating group) is 1. The highest BCUT2D eigenvalue weighted by Gasteiger charge is 2.32. The third-order valence-corrected chi connectivity index (χ3v) is 5.13. The van der Waals surface area contributed by atoms with Crippen LogP contribution in [-0.2, 0) is 9.53 Å². The van der Waals surface area contributed by atoms with Crippen LogP contribution < -0.4 is 0 Å². The lowest BCUT2D eigenvalue weighted by molar-refractivity contribution is -0.142. The fourth-order valence-electron chi connectivity index (χ4n) is 3.79. The molecule has 5 heteroatoms. The summed E-state index contributed by atoms with van der Waals surface area (Å²) in [5.41, 5.74) is 4.51. The number of rotatable bonds is 7. The molecule has 144 valence electrons. The molecule has 0 heterocycles. The molecule has 28 heavy (non-hydrogen) atoms. The number of carboxylic acids is 1. The Morgan fingerprint density at radius 2 is 1.71 bits per heavy atom. The van der Waals surface area contributed by atoms with E-state index in [0.717, 1.165) is 22.3 Å². The zero-order chi connectivity index (χ0) is 20.1. The van der Waals surface area contributed by atoms with Gasteiger partial charge in [0.15, 0.2) is 0 Å². The number of carboxylic acid groups (broad SMARTS) is 1. The topological polar surface area (TPSA) is 66.8 Å². The number of benzene rings is 2. The third kappa shape index (κ3) is 3.72. The molecule has 0 aliphatic heterocycles. The van der Waals surface area contributed by atoms with Crippen LogP contribution in [0, 0.1) is 12.3 Å². The number of ether oxygens (including phenoxy) is 1. The van der Waals surface area contributed by atoms with E-state index in [4.69, 9.17) is 11.2 Å². The molecule has 1 aliphatic rings.